The fourth-order valence-electron chi connectivity index (χ4n) is 2.50. The van der Waals surface area contributed by atoms with Crippen LogP contribution in [-0.4, -0.2) is 25.4 Å². The van der Waals surface area contributed by atoms with Crippen LogP contribution in [-0.2, 0) is 0 Å². The lowest BCUT2D eigenvalue weighted by atomic mass is 10.0. The zero-order valence-corrected chi connectivity index (χ0v) is 15.1. The second-order valence-electron chi connectivity index (χ2n) is 6.99. The van der Waals surface area contributed by atoms with Crippen molar-refractivity contribution in [2.75, 3.05) is 0 Å². The number of hydrogen-bond donors (Lipinski definition) is 2. The topological polar surface area (TPSA) is 63.0 Å². The molecule has 0 radical (unpaired) electrons. The quantitative estimate of drug-likeness (QED) is 0.565. The molecule has 0 aliphatic carbocycles. The first-order valence-electron chi connectivity index (χ1n) is 8.45. The predicted molar refractivity (Wildman–Crippen MR) is 102 cm³/mol. The number of nitrogens with one attached hydrogen (secondary N) is 1. The molecule has 0 aliphatic rings. The fraction of sp³-hybridized carbons (Fsp3) is 0.238. The summed E-state index contributed by atoms with van der Waals surface area (Å²) in [5, 5.41) is 17.9. The maximum absolute atomic E-state index is 10.5. The summed E-state index contributed by atoms with van der Waals surface area (Å²) in [5.41, 5.74) is 2.86. The number of aliphatic hydroxyl groups excluding tert-OH is 1. The number of benzene rings is 1. The van der Waals surface area contributed by atoms with E-state index >= 15 is 0 Å². The van der Waals surface area contributed by atoms with Gasteiger partial charge in [0.15, 0.2) is 0 Å². The molecule has 0 saturated heterocycles. The van der Waals surface area contributed by atoms with Crippen LogP contribution in [0.5, 0.6) is 0 Å². The van der Waals surface area contributed by atoms with Crippen molar-refractivity contribution in [2.45, 2.75) is 32.5 Å². The van der Waals surface area contributed by atoms with Gasteiger partial charge in [-0.1, -0.05) is 18.1 Å². The molecule has 2 aromatic heterocycles. The van der Waals surface area contributed by atoms with Crippen molar-refractivity contribution in [2.24, 2.45) is 0 Å². The van der Waals surface area contributed by atoms with Gasteiger partial charge >= 0.3 is 0 Å². The molecule has 2 heterocycles. The molecule has 0 saturated carbocycles. The van der Waals surface area contributed by atoms with Gasteiger partial charge in [-0.3, -0.25) is 5.32 Å². The van der Waals surface area contributed by atoms with Crippen LogP contribution in [0.4, 0.5) is 0 Å². The van der Waals surface area contributed by atoms with Crippen molar-refractivity contribution >= 4 is 0 Å². The largest absolute Gasteiger partial charge is 0.374 e. The Labute approximate surface area is 153 Å². The number of rotatable bonds is 3. The average Bonchev–Trinajstić information content (AvgIpc) is 3.13. The fourth-order valence-corrected chi connectivity index (χ4v) is 2.50. The van der Waals surface area contributed by atoms with E-state index < -0.39 is 6.23 Å². The molecule has 0 fully saturated rings. The molecule has 0 spiro atoms. The lowest BCUT2D eigenvalue weighted by molar-refractivity contribution is 0.107. The minimum atomic E-state index is -0.780. The minimum absolute atomic E-state index is 0.208. The van der Waals surface area contributed by atoms with Crippen LogP contribution in [0.3, 0.4) is 0 Å². The SMILES string of the molecule is CC(C)(C)NC(O)c1ccc(-n2cccn2)c(C#Cc2ccccn2)c1. The van der Waals surface area contributed by atoms with Gasteiger partial charge in [-0.05, 0) is 62.6 Å². The maximum atomic E-state index is 10.5. The highest BCUT2D eigenvalue weighted by molar-refractivity contribution is 5.54. The average molecular weight is 346 g/mol. The van der Waals surface area contributed by atoms with Crippen LogP contribution in [0.1, 0.15) is 43.8 Å². The molecule has 0 bridgehead atoms. The summed E-state index contributed by atoms with van der Waals surface area (Å²) < 4.78 is 1.76. The summed E-state index contributed by atoms with van der Waals surface area (Å²) in [6, 6.07) is 13.2. The van der Waals surface area contributed by atoms with E-state index in [0.717, 1.165) is 16.8 Å². The van der Waals surface area contributed by atoms with E-state index in [1.807, 2.05) is 69.4 Å². The van der Waals surface area contributed by atoms with Gasteiger partial charge in [0, 0.05) is 24.1 Å². The lowest BCUT2D eigenvalue weighted by Gasteiger charge is -2.25. The highest BCUT2D eigenvalue weighted by atomic mass is 16.3. The third-order valence-corrected chi connectivity index (χ3v) is 3.65. The Kier molecular flexibility index (Phi) is 5.17. The molecule has 1 aromatic carbocycles. The van der Waals surface area contributed by atoms with Gasteiger partial charge in [-0.2, -0.15) is 5.10 Å². The first kappa shape index (κ1) is 17.9. The van der Waals surface area contributed by atoms with Gasteiger partial charge in [0.2, 0.25) is 0 Å². The Bertz CT molecular complexity index is 916. The van der Waals surface area contributed by atoms with Crippen molar-refractivity contribution in [3.8, 4) is 17.5 Å². The van der Waals surface area contributed by atoms with Crippen LogP contribution in [0.15, 0.2) is 61.1 Å². The molecule has 3 aromatic rings. The molecule has 1 atom stereocenters. The first-order valence-corrected chi connectivity index (χ1v) is 8.45. The number of nitrogens with zero attached hydrogens (tertiary/aromatic N) is 3. The van der Waals surface area contributed by atoms with Gasteiger partial charge < -0.3 is 5.11 Å². The zero-order chi connectivity index (χ0) is 18.6. The van der Waals surface area contributed by atoms with Crippen LogP contribution < -0.4 is 5.32 Å². The molecule has 0 aliphatic heterocycles. The normalized spacial score (nSPS) is 12.3. The van der Waals surface area contributed by atoms with Crippen molar-refractivity contribution < 1.29 is 5.11 Å². The Morgan fingerprint density at radius 3 is 2.58 bits per heavy atom. The maximum Gasteiger partial charge on any atom is 0.131 e. The van der Waals surface area contributed by atoms with E-state index in [2.05, 4.69) is 27.2 Å². The summed E-state index contributed by atoms with van der Waals surface area (Å²) in [7, 11) is 0. The first-order chi connectivity index (χ1) is 12.4. The van der Waals surface area contributed by atoms with Gasteiger partial charge in [0.05, 0.1) is 11.3 Å². The third-order valence-electron chi connectivity index (χ3n) is 3.65. The molecule has 1 unspecified atom stereocenters. The predicted octanol–water partition coefficient (Wildman–Crippen LogP) is 3.05. The van der Waals surface area contributed by atoms with Crippen LogP contribution >= 0.6 is 0 Å². The van der Waals surface area contributed by atoms with E-state index in [1.54, 1.807) is 17.1 Å². The number of aliphatic hydroxyl groups is 1. The summed E-state index contributed by atoms with van der Waals surface area (Å²) in [5.74, 6) is 6.24. The summed E-state index contributed by atoms with van der Waals surface area (Å²) in [6.07, 6.45) is 4.52. The van der Waals surface area contributed by atoms with Crippen molar-refractivity contribution in [3.05, 3.63) is 77.9 Å². The zero-order valence-electron chi connectivity index (χ0n) is 15.1. The van der Waals surface area contributed by atoms with Crippen molar-refractivity contribution in [1.29, 1.82) is 0 Å². The number of pyridine rings is 1. The molecule has 26 heavy (non-hydrogen) atoms. The second-order valence-corrected chi connectivity index (χ2v) is 6.99. The van der Waals surface area contributed by atoms with E-state index in [1.165, 1.54) is 0 Å². The minimum Gasteiger partial charge on any atom is -0.374 e. The molecular weight excluding hydrogens is 324 g/mol. The smallest absolute Gasteiger partial charge is 0.131 e. The standard InChI is InChI=1S/C21H22N4O/c1-21(2,3)24-20(26)17-9-11-19(25-14-6-13-23-25)16(15-17)8-10-18-7-4-5-12-22-18/h4-7,9,11-15,20,24,26H,1-3H3. The lowest BCUT2D eigenvalue weighted by Crippen LogP contribution is -2.38. The summed E-state index contributed by atoms with van der Waals surface area (Å²) in [4.78, 5) is 4.23. The highest BCUT2D eigenvalue weighted by Gasteiger charge is 2.17. The Morgan fingerprint density at radius 2 is 1.92 bits per heavy atom. The Hall–Kier alpha value is -2.94. The summed E-state index contributed by atoms with van der Waals surface area (Å²) >= 11 is 0. The van der Waals surface area contributed by atoms with Gasteiger partial charge in [0.1, 0.15) is 11.9 Å². The molecule has 5 heteroatoms. The van der Waals surface area contributed by atoms with Crippen LogP contribution in [0.2, 0.25) is 0 Å². The molecule has 132 valence electrons. The molecular formula is C21H22N4O. The van der Waals surface area contributed by atoms with Gasteiger partial charge in [0.25, 0.3) is 0 Å². The van der Waals surface area contributed by atoms with E-state index in [0.29, 0.717) is 5.69 Å². The Balaban J connectivity index is 2.01. The summed E-state index contributed by atoms with van der Waals surface area (Å²) in [6.45, 7) is 6.03. The van der Waals surface area contributed by atoms with Gasteiger partial charge in [-0.15, -0.1) is 0 Å². The molecule has 2 N–H and O–H groups in total. The van der Waals surface area contributed by atoms with Crippen molar-refractivity contribution in [1.82, 2.24) is 20.1 Å². The van der Waals surface area contributed by atoms with E-state index in [-0.39, 0.29) is 5.54 Å². The van der Waals surface area contributed by atoms with E-state index in [9.17, 15) is 5.11 Å². The molecule has 5 nitrogen and oxygen atoms in total. The molecule has 3 rings (SSSR count). The molecule has 0 amide bonds. The van der Waals surface area contributed by atoms with Crippen LogP contribution in [0, 0.1) is 11.8 Å². The van der Waals surface area contributed by atoms with E-state index in [4.69, 9.17) is 0 Å². The second kappa shape index (κ2) is 7.52. The van der Waals surface area contributed by atoms with Crippen molar-refractivity contribution in [3.63, 3.8) is 0 Å². The Morgan fingerprint density at radius 1 is 1.08 bits per heavy atom. The number of aromatic nitrogens is 3. The third kappa shape index (κ3) is 4.57. The van der Waals surface area contributed by atoms with Crippen LogP contribution in [0.25, 0.3) is 5.69 Å². The highest BCUT2D eigenvalue weighted by Crippen LogP contribution is 2.20. The number of hydrogen-bond acceptors (Lipinski definition) is 4. The van der Waals surface area contributed by atoms with Gasteiger partial charge in [-0.25, -0.2) is 9.67 Å². The monoisotopic (exact) mass is 346 g/mol.